The third-order valence-electron chi connectivity index (χ3n) is 4.37. The molecule has 2 heterocycles. The van der Waals surface area contributed by atoms with Gasteiger partial charge in [-0.25, -0.2) is 9.78 Å². The Morgan fingerprint density at radius 3 is 2.52 bits per heavy atom. The van der Waals surface area contributed by atoms with Crippen LogP contribution in [0.15, 0.2) is 18.3 Å². The highest BCUT2D eigenvalue weighted by Gasteiger charge is 2.30. The number of carbonyl (C=O) groups excluding carboxylic acids is 1. The minimum atomic E-state index is -0.472. The van der Waals surface area contributed by atoms with Crippen LogP contribution < -0.4 is 9.64 Å². The van der Waals surface area contributed by atoms with E-state index >= 15 is 0 Å². The fourth-order valence-electron chi connectivity index (χ4n) is 2.94. The van der Waals surface area contributed by atoms with E-state index in [-0.39, 0.29) is 18.3 Å². The molecular weight excluding hydrogens is 322 g/mol. The minimum Gasteiger partial charge on any atom is -0.474 e. The summed E-state index contributed by atoms with van der Waals surface area (Å²) in [7, 11) is 0. The van der Waals surface area contributed by atoms with E-state index in [0.29, 0.717) is 31.8 Å². The van der Waals surface area contributed by atoms with E-state index in [9.17, 15) is 9.90 Å². The highest BCUT2D eigenvalue weighted by Crippen LogP contribution is 2.27. The average molecular weight is 349 g/mol. The molecule has 25 heavy (non-hydrogen) atoms. The molecule has 2 fully saturated rings. The monoisotopic (exact) mass is 349 g/mol. The van der Waals surface area contributed by atoms with Crippen molar-refractivity contribution >= 4 is 11.8 Å². The number of amides is 1. The number of rotatable bonds is 3. The minimum absolute atomic E-state index is 0.0572. The molecule has 1 aliphatic heterocycles. The van der Waals surface area contributed by atoms with Gasteiger partial charge in [0.2, 0.25) is 5.88 Å². The van der Waals surface area contributed by atoms with Gasteiger partial charge in [-0.3, -0.25) is 0 Å². The Labute approximate surface area is 148 Å². The van der Waals surface area contributed by atoms with E-state index < -0.39 is 5.60 Å². The normalized spacial score (nSPS) is 23.8. The molecule has 7 heteroatoms. The largest absolute Gasteiger partial charge is 0.474 e. The standard InChI is InChI=1S/C18H27N3O4/c1-18(2,3)25-17(23)21-8-6-20(7-9-21)13-4-5-19-16(10-13)24-15-11-14(22)12-15/h4-5,10,14-15,22H,6-9,11-12H2,1-3H3. The van der Waals surface area contributed by atoms with Crippen LogP contribution in [0, 0.1) is 0 Å². The molecular formula is C18H27N3O4. The molecule has 1 amide bonds. The summed E-state index contributed by atoms with van der Waals surface area (Å²) in [5.74, 6) is 0.587. The Morgan fingerprint density at radius 2 is 1.92 bits per heavy atom. The van der Waals surface area contributed by atoms with Gasteiger partial charge in [0, 0.05) is 57.0 Å². The summed E-state index contributed by atoms with van der Waals surface area (Å²) >= 11 is 0. The van der Waals surface area contributed by atoms with Crippen LogP contribution in [-0.2, 0) is 4.74 Å². The van der Waals surface area contributed by atoms with E-state index in [1.807, 2.05) is 32.9 Å². The first-order valence-corrected chi connectivity index (χ1v) is 8.84. The number of ether oxygens (including phenoxy) is 2. The van der Waals surface area contributed by atoms with Gasteiger partial charge >= 0.3 is 6.09 Å². The molecule has 0 atom stereocenters. The van der Waals surface area contributed by atoms with E-state index in [0.717, 1.165) is 18.8 Å². The highest BCUT2D eigenvalue weighted by molar-refractivity contribution is 5.68. The molecule has 0 spiro atoms. The second kappa shape index (κ2) is 7.07. The predicted octanol–water partition coefficient (Wildman–Crippen LogP) is 2.04. The molecule has 138 valence electrons. The molecule has 1 aromatic heterocycles. The summed E-state index contributed by atoms with van der Waals surface area (Å²) < 4.78 is 11.2. The topological polar surface area (TPSA) is 75.1 Å². The third kappa shape index (κ3) is 4.75. The molecule has 0 aromatic carbocycles. The number of aromatic nitrogens is 1. The van der Waals surface area contributed by atoms with Crippen molar-refractivity contribution in [2.75, 3.05) is 31.1 Å². The Hall–Kier alpha value is -2.02. The zero-order chi connectivity index (χ0) is 18.0. The van der Waals surface area contributed by atoms with Crippen molar-refractivity contribution in [3.63, 3.8) is 0 Å². The van der Waals surface area contributed by atoms with Gasteiger partial charge in [0.05, 0.1) is 6.10 Å². The fourth-order valence-corrected chi connectivity index (χ4v) is 2.94. The third-order valence-corrected chi connectivity index (χ3v) is 4.37. The molecule has 0 bridgehead atoms. The maximum absolute atomic E-state index is 12.1. The number of aliphatic hydroxyl groups is 1. The number of pyridine rings is 1. The van der Waals surface area contributed by atoms with Gasteiger partial charge in [-0.05, 0) is 26.8 Å². The van der Waals surface area contributed by atoms with Crippen molar-refractivity contribution in [1.82, 2.24) is 9.88 Å². The van der Waals surface area contributed by atoms with Crippen molar-refractivity contribution in [2.24, 2.45) is 0 Å². The Kier molecular flexibility index (Phi) is 5.03. The van der Waals surface area contributed by atoms with Crippen LogP contribution in [0.4, 0.5) is 10.5 Å². The van der Waals surface area contributed by atoms with E-state index in [1.165, 1.54) is 0 Å². The average Bonchev–Trinajstić information content (AvgIpc) is 2.52. The first-order chi connectivity index (χ1) is 11.8. The molecule has 0 unspecified atom stereocenters. The van der Waals surface area contributed by atoms with Gasteiger partial charge in [0.1, 0.15) is 11.7 Å². The number of nitrogens with zero attached hydrogens (tertiary/aromatic N) is 3. The molecule has 2 aliphatic rings. The predicted molar refractivity (Wildman–Crippen MR) is 93.9 cm³/mol. The van der Waals surface area contributed by atoms with Gasteiger partial charge in [-0.2, -0.15) is 0 Å². The number of piperazine rings is 1. The number of carbonyl (C=O) groups is 1. The Morgan fingerprint density at radius 1 is 1.24 bits per heavy atom. The maximum atomic E-state index is 12.1. The van der Waals surface area contributed by atoms with Crippen molar-refractivity contribution in [3.8, 4) is 5.88 Å². The van der Waals surface area contributed by atoms with Crippen LogP contribution in [0.1, 0.15) is 33.6 Å². The summed E-state index contributed by atoms with van der Waals surface area (Å²) in [6, 6.07) is 3.87. The number of aliphatic hydroxyl groups excluding tert-OH is 1. The lowest BCUT2D eigenvalue weighted by atomic mass is 9.92. The second-order valence-electron chi connectivity index (χ2n) is 7.67. The Bertz CT molecular complexity index is 603. The van der Waals surface area contributed by atoms with Crippen LogP contribution in [0.25, 0.3) is 0 Å². The molecule has 1 aromatic rings. The summed E-state index contributed by atoms with van der Waals surface area (Å²) in [4.78, 5) is 20.3. The van der Waals surface area contributed by atoms with Crippen molar-refractivity contribution in [3.05, 3.63) is 18.3 Å². The van der Waals surface area contributed by atoms with E-state index in [2.05, 4.69) is 9.88 Å². The summed E-state index contributed by atoms with van der Waals surface area (Å²) in [6.45, 7) is 8.36. The van der Waals surface area contributed by atoms with Gasteiger partial charge in [0.25, 0.3) is 0 Å². The van der Waals surface area contributed by atoms with Gasteiger partial charge in [-0.1, -0.05) is 0 Å². The lowest BCUT2D eigenvalue weighted by Crippen LogP contribution is -2.50. The van der Waals surface area contributed by atoms with Crippen LogP contribution in [0.5, 0.6) is 5.88 Å². The number of anilines is 1. The first-order valence-electron chi connectivity index (χ1n) is 8.84. The van der Waals surface area contributed by atoms with Crippen LogP contribution >= 0.6 is 0 Å². The molecule has 0 radical (unpaired) electrons. The lowest BCUT2D eigenvalue weighted by Gasteiger charge is -2.37. The molecule has 1 saturated heterocycles. The van der Waals surface area contributed by atoms with Crippen molar-refractivity contribution < 1.29 is 19.4 Å². The Balaban J connectivity index is 1.53. The maximum Gasteiger partial charge on any atom is 0.410 e. The molecule has 3 rings (SSSR count). The van der Waals surface area contributed by atoms with Crippen LogP contribution in [-0.4, -0.2) is 65.1 Å². The van der Waals surface area contributed by atoms with E-state index in [4.69, 9.17) is 9.47 Å². The van der Waals surface area contributed by atoms with Gasteiger partial charge in [0.15, 0.2) is 0 Å². The molecule has 7 nitrogen and oxygen atoms in total. The quantitative estimate of drug-likeness (QED) is 0.900. The SMILES string of the molecule is CC(C)(C)OC(=O)N1CCN(c2ccnc(OC3CC(O)C3)c2)CC1. The van der Waals surface area contributed by atoms with Crippen LogP contribution in [0.2, 0.25) is 0 Å². The summed E-state index contributed by atoms with van der Waals surface area (Å²) in [5.41, 5.74) is 0.564. The molecule has 1 saturated carbocycles. The lowest BCUT2D eigenvalue weighted by molar-refractivity contribution is -0.0128. The summed E-state index contributed by atoms with van der Waals surface area (Å²) in [6.07, 6.45) is 2.63. The molecule has 1 aliphatic carbocycles. The van der Waals surface area contributed by atoms with Gasteiger partial charge < -0.3 is 24.4 Å². The number of hydrogen-bond acceptors (Lipinski definition) is 6. The van der Waals surface area contributed by atoms with Crippen molar-refractivity contribution in [1.29, 1.82) is 0 Å². The zero-order valence-electron chi connectivity index (χ0n) is 15.1. The van der Waals surface area contributed by atoms with Crippen LogP contribution in [0.3, 0.4) is 0 Å². The van der Waals surface area contributed by atoms with Gasteiger partial charge in [-0.15, -0.1) is 0 Å². The number of hydrogen-bond donors (Lipinski definition) is 1. The smallest absolute Gasteiger partial charge is 0.410 e. The first kappa shape index (κ1) is 17.8. The van der Waals surface area contributed by atoms with Crippen molar-refractivity contribution in [2.45, 2.75) is 51.4 Å². The summed E-state index contributed by atoms with van der Waals surface area (Å²) in [5, 5.41) is 9.34. The second-order valence-corrected chi connectivity index (χ2v) is 7.67. The zero-order valence-corrected chi connectivity index (χ0v) is 15.1. The highest BCUT2D eigenvalue weighted by atomic mass is 16.6. The van der Waals surface area contributed by atoms with E-state index in [1.54, 1.807) is 11.1 Å². The fraction of sp³-hybridized carbons (Fsp3) is 0.667. The molecule has 1 N–H and O–H groups in total.